The first kappa shape index (κ1) is 14.2. The standard InChI is InChI=1S/C13H17FN2O2/c1-8(2)16-12(17)7-15-13(18)10-5-4-9(3)6-11(10)14/h4-6,8H,7H2,1-3H3,(H,15,18)(H,16,17). The highest BCUT2D eigenvalue weighted by molar-refractivity contribution is 5.96. The zero-order valence-corrected chi connectivity index (χ0v) is 10.7. The number of rotatable bonds is 4. The summed E-state index contributed by atoms with van der Waals surface area (Å²) in [6.45, 7) is 5.21. The van der Waals surface area contributed by atoms with Crippen LogP contribution < -0.4 is 10.6 Å². The summed E-state index contributed by atoms with van der Waals surface area (Å²) in [5, 5.41) is 5.00. The van der Waals surface area contributed by atoms with Crippen molar-refractivity contribution >= 4 is 11.8 Å². The van der Waals surface area contributed by atoms with Gasteiger partial charge < -0.3 is 10.6 Å². The molecule has 0 saturated carbocycles. The normalized spacial score (nSPS) is 10.3. The van der Waals surface area contributed by atoms with E-state index in [1.807, 2.05) is 13.8 Å². The van der Waals surface area contributed by atoms with Gasteiger partial charge in [-0.25, -0.2) is 4.39 Å². The molecule has 1 aromatic carbocycles. The van der Waals surface area contributed by atoms with Gasteiger partial charge in [0.15, 0.2) is 0 Å². The Labute approximate surface area is 106 Å². The number of benzene rings is 1. The maximum Gasteiger partial charge on any atom is 0.254 e. The van der Waals surface area contributed by atoms with E-state index in [1.165, 1.54) is 12.1 Å². The highest BCUT2D eigenvalue weighted by Crippen LogP contribution is 2.09. The number of halogens is 1. The van der Waals surface area contributed by atoms with E-state index in [-0.39, 0.29) is 24.1 Å². The Morgan fingerprint density at radius 1 is 1.33 bits per heavy atom. The molecular formula is C13H17FN2O2. The second-order valence-electron chi connectivity index (χ2n) is 4.39. The zero-order chi connectivity index (χ0) is 13.7. The minimum atomic E-state index is -0.591. The molecule has 1 rings (SSSR count). The zero-order valence-electron chi connectivity index (χ0n) is 10.7. The minimum Gasteiger partial charge on any atom is -0.352 e. The van der Waals surface area contributed by atoms with Gasteiger partial charge in [0.2, 0.25) is 5.91 Å². The second-order valence-corrected chi connectivity index (χ2v) is 4.39. The van der Waals surface area contributed by atoms with Crippen LogP contribution in [0.2, 0.25) is 0 Å². The van der Waals surface area contributed by atoms with Gasteiger partial charge in [-0.2, -0.15) is 0 Å². The van der Waals surface area contributed by atoms with Crippen LogP contribution in [0, 0.1) is 12.7 Å². The first-order chi connectivity index (χ1) is 8.40. The fourth-order valence-corrected chi connectivity index (χ4v) is 1.43. The monoisotopic (exact) mass is 252 g/mol. The van der Waals surface area contributed by atoms with Crippen LogP contribution >= 0.6 is 0 Å². The van der Waals surface area contributed by atoms with Gasteiger partial charge in [-0.1, -0.05) is 6.07 Å². The molecule has 0 fully saturated rings. The number of hydrogen-bond donors (Lipinski definition) is 2. The summed E-state index contributed by atoms with van der Waals surface area (Å²) in [5.74, 6) is -1.48. The van der Waals surface area contributed by atoms with Crippen molar-refractivity contribution in [3.05, 3.63) is 35.1 Å². The number of carbonyl (C=O) groups excluding carboxylic acids is 2. The molecular weight excluding hydrogens is 235 g/mol. The third kappa shape index (κ3) is 4.16. The summed E-state index contributed by atoms with van der Waals surface area (Å²) >= 11 is 0. The van der Waals surface area contributed by atoms with Gasteiger partial charge in [0.05, 0.1) is 12.1 Å². The van der Waals surface area contributed by atoms with Crippen molar-refractivity contribution in [2.24, 2.45) is 0 Å². The van der Waals surface area contributed by atoms with Crippen molar-refractivity contribution in [1.29, 1.82) is 0 Å². The Morgan fingerprint density at radius 2 is 2.00 bits per heavy atom. The summed E-state index contributed by atoms with van der Waals surface area (Å²) in [7, 11) is 0. The van der Waals surface area contributed by atoms with Crippen LogP contribution in [0.4, 0.5) is 4.39 Å². The fraction of sp³-hybridized carbons (Fsp3) is 0.385. The van der Waals surface area contributed by atoms with Crippen LogP contribution in [0.15, 0.2) is 18.2 Å². The van der Waals surface area contributed by atoms with Gasteiger partial charge in [0, 0.05) is 6.04 Å². The Balaban J connectivity index is 2.58. The Bertz CT molecular complexity index is 458. The molecule has 0 atom stereocenters. The number of hydrogen-bond acceptors (Lipinski definition) is 2. The van der Waals surface area contributed by atoms with E-state index in [2.05, 4.69) is 10.6 Å². The molecule has 0 aliphatic carbocycles. The number of aryl methyl sites for hydroxylation is 1. The van der Waals surface area contributed by atoms with Crippen LogP contribution in [0.1, 0.15) is 29.8 Å². The van der Waals surface area contributed by atoms with E-state index in [1.54, 1.807) is 13.0 Å². The van der Waals surface area contributed by atoms with Gasteiger partial charge in [0.1, 0.15) is 5.82 Å². The summed E-state index contributed by atoms with van der Waals surface area (Å²) in [4.78, 5) is 22.9. The number of carbonyl (C=O) groups is 2. The molecule has 18 heavy (non-hydrogen) atoms. The third-order valence-electron chi connectivity index (χ3n) is 2.23. The lowest BCUT2D eigenvalue weighted by Gasteiger charge is -2.09. The molecule has 2 N–H and O–H groups in total. The van der Waals surface area contributed by atoms with Crippen molar-refractivity contribution < 1.29 is 14.0 Å². The van der Waals surface area contributed by atoms with Crippen LogP contribution in [-0.4, -0.2) is 24.4 Å². The van der Waals surface area contributed by atoms with E-state index < -0.39 is 11.7 Å². The first-order valence-corrected chi connectivity index (χ1v) is 5.74. The van der Waals surface area contributed by atoms with Crippen molar-refractivity contribution in [3.8, 4) is 0 Å². The molecule has 0 heterocycles. The molecule has 0 radical (unpaired) electrons. The summed E-state index contributed by atoms with van der Waals surface area (Å²) in [6, 6.07) is 4.33. The van der Waals surface area contributed by atoms with E-state index in [4.69, 9.17) is 0 Å². The Hall–Kier alpha value is -1.91. The van der Waals surface area contributed by atoms with Crippen molar-refractivity contribution in [2.45, 2.75) is 26.8 Å². The molecule has 1 aromatic rings. The van der Waals surface area contributed by atoms with Crippen LogP contribution in [0.3, 0.4) is 0 Å². The van der Waals surface area contributed by atoms with Gasteiger partial charge in [-0.3, -0.25) is 9.59 Å². The maximum atomic E-state index is 13.5. The molecule has 0 unspecified atom stereocenters. The van der Waals surface area contributed by atoms with Gasteiger partial charge in [-0.05, 0) is 38.5 Å². The highest BCUT2D eigenvalue weighted by Gasteiger charge is 2.12. The topological polar surface area (TPSA) is 58.2 Å². The third-order valence-corrected chi connectivity index (χ3v) is 2.23. The lowest BCUT2D eigenvalue weighted by Crippen LogP contribution is -2.40. The van der Waals surface area contributed by atoms with E-state index in [9.17, 15) is 14.0 Å². The summed E-state index contributed by atoms with van der Waals surface area (Å²) < 4.78 is 13.5. The van der Waals surface area contributed by atoms with E-state index in [0.29, 0.717) is 0 Å². The highest BCUT2D eigenvalue weighted by atomic mass is 19.1. The molecule has 0 spiro atoms. The van der Waals surface area contributed by atoms with Gasteiger partial charge in [-0.15, -0.1) is 0 Å². The average Bonchev–Trinajstić information content (AvgIpc) is 2.25. The molecule has 0 aliphatic rings. The van der Waals surface area contributed by atoms with Crippen LogP contribution in [-0.2, 0) is 4.79 Å². The predicted molar refractivity (Wildman–Crippen MR) is 66.7 cm³/mol. The van der Waals surface area contributed by atoms with Crippen molar-refractivity contribution in [3.63, 3.8) is 0 Å². The minimum absolute atomic E-state index is 0.00510. The van der Waals surface area contributed by atoms with Gasteiger partial charge >= 0.3 is 0 Å². The molecule has 4 nitrogen and oxygen atoms in total. The second kappa shape index (κ2) is 6.14. The van der Waals surface area contributed by atoms with Crippen molar-refractivity contribution in [1.82, 2.24) is 10.6 Å². The number of nitrogens with one attached hydrogen (secondary N) is 2. The molecule has 98 valence electrons. The largest absolute Gasteiger partial charge is 0.352 e. The molecule has 0 bridgehead atoms. The quantitative estimate of drug-likeness (QED) is 0.850. The van der Waals surface area contributed by atoms with Gasteiger partial charge in [0.25, 0.3) is 5.91 Å². The first-order valence-electron chi connectivity index (χ1n) is 5.74. The molecule has 0 saturated heterocycles. The molecule has 2 amide bonds. The smallest absolute Gasteiger partial charge is 0.254 e. The number of amides is 2. The average molecular weight is 252 g/mol. The van der Waals surface area contributed by atoms with Crippen LogP contribution in [0.5, 0.6) is 0 Å². The molecule has 0 aliphatic heterocycles. The summed E-state index contributed by atoms with van der Waals surface area (Å²) in [5.41, 5.74) is 0.680. The molecule has 0 aromatic heterocycles. The predicted octanol–water partition coefficient (Wildman–Crippen LogP) is 1.39. The molecule has 5 heteroatoms. The van der Waals surface area contributed by atoms with Crippen molar-refractivity contribution in [2.75, 3.05) is 6.54 Å². The Morgan fingerprint density at radius 3 is 2.56 bits per heavy atom. The Kier molecular flexibility index (Phi) is 4.83. The van der Waals surface area contributed by atoms with E-state index >= 15 is 0 Å². The fourth-order valence-electron chi connectivity index (χ4n) is 1.43. The van der Waals surface area contributed by atoms with Crippen LogP contribution in [0.25, 0.3) is 0 Å². The SMILES string of the molecule is Cc1ccc(C(=O)NCC(=O)NC(C)C)c(F)c1. The maximum absolute atomic E-state index is 13.5. The summed E-state index contributed by atoms with van der Waals surface area (Å²) in [6.07, 6.45) is 0. The lowest BCUT2D eigenvalue weighted by atomic mass is 10.1. The lowest BCUT2D eigenvalue weighted by molar-refractivity contribution is -0.120. The van der Waals surface area contributed by atoms with E-state index in [0.717, 1.165) is 5.56 Å².